The molecule has 0 radical (unpaired) electrons. The Kier molecular flexibility index (Phi) is 3.91. The van der Waals surface area contributed by atoms with Crippen LogP contribution in [0.2, 0.25) is 0 Å². The lowest BCUT2D eigenvalue weighted by Gasteiger charge is -2.07. The molecule has 2 aromatic rings. The van der Waals surface area contributed by atoms with Crippen LogP contribution in [-0.2, 0) is 6.42 Å². The van der Waals surface area contributed by atoms with Crippen molar-refractivity contribution in [3.05, 3.63) is 40.5 Å². The molecule has 0 aliphatic carbocycles. The summed E-state index contributed by atoms with van der Waals surface area (Å²) in [6, 6.07) is 4.52. The van der Waals surface area contributed by atoms with Gasteiger partial charge >= 0.3 is 0 Å². The van der Waals surface area contributed by atoms with Crippen molar-refractivity contribution in [1.82, 2.24) is 10.1 Å². The molecule has 0 fully saturated rings. The minimum atomic E-state index is -0.450. The van der Waals surface area contributed by atoms with E-state index in [1.807, 2.05) is 0 Å². The summed E-state index contributed by atoms with van der Waals surface area (Å²) in [5, 5.41) is 17.3. The molecule has 8 heteroatoms. The number of hydrogen-bond acceptors (Lipinski definition) is 7. The molecule has 1 aromatic heterocycles. The first-order valence-electron chi connectivity index (χ1n) is 5.52. The van der Waals surface area contributed by atoms with E-state index in [0.29, 0.717) is 30.3 Å². The van der Waals surface area contributed by atoms with Gasteiger partial charge in [0.25, 0.3) is 5.69 Å². The minimum Gasteiger partial charge on any atom is -0.497 e. The number of benzene rings is 1. The van der Waals surface area contributed by atoms with Crippen LogP contribution >= 0.6 is 0 Å². The Hall–Kier alpha value is -2.64. The molecule has 0 aliphatic rings. The molecule has 1 heterocycles. The van der Waals surface area contributed by atoms with E-state index in [9.17, 15) is 10.1 Å². The predicted octanol–water partition coefficient (Wildman–Crippen LogP) is 1.64. The first kappa shape index (κ1) is 12.8. The number of nitrogens with one attached hydrogen (secondary N) is 1. The molecular weight excluding hydrogens is 252 g/mol. The maximum absolute atomic E-state index is 10.9. The third kappa shape index (κ3) is 3.18. The molecule has 0 spiro atoms. The zero-order chi connectivity index (χ0) is 13.7. The summed E-state index contributed by atoms with van der Waals surface area (Å²) in [7, 11) is 1.50. The number of hydrogen-bond donors (Lipinski definition) is 1. The molecule has 100 valence electrons. The van der Waals surface area contributed by atoms with E-state index in [1.54, 1.807) is 12.1 Å². The molecule has 19 heavy (non-hydrogen) atoms. The van der Waals surface area contributed by atoms with Crippen molar-refractivity contribution in [2.24, 2.45) is 0 Å². The van der Waals surface area contributed by atoms with Gasteiger partial charge in [-0.2, -0.15) is 4.98 Å². The van der Waals surface area contributed by atoms with Gasteiger partial charge in [0, 0.05) is 25.1 Å². The number of ether oxygens (including phenoxy) is 1. The molecule has 2 rings (SSSR count). The van der Waals surface area contributed by atoms with Gasteiger partial charge in [-0.15, -0.1) is 0 Å². The second-order valence-electron chi connectivity index (χ2n) is 3.65. The fourth-order valence-electron chi connectivity index (χ4n) is 1.55. The number of methoxy groups -OCH3 is 1. The van der Waals surface area contributed by atoms with Crippen LogP contribution in [0.1, 0.15) is 5.89 Å². The Labute approximate surface area is 108 Å². The van der Waals surface area contributed by atoms with Gasteiger partial charge < -0.3 is 14.6 Å². The van der Waals surface area contributed by atoms with Crippen molar-refractivity contribution in [2.75, 3.05) is 19.0 Å². The molecule has 0 unspecified atom stereocenters. The Morgan fingerprint density at radius 1 is 1.53 bits per heavy atom. The predicted molar refractivity (Wildman–Crippen MR) is 66.1 cm³/mol. The number of nitrogens with zero attached hydrogens (tertiary/aromatic N) is 3. The van der Waals surface area contributed by atoms with E-state index in [1.165, 1.54) is 19.5 Å². The Bertz CT molecular complexity index is 556. The quantitative estimate of drug-likeness (QED) is 0.624. The molecule has 0 aliphatic heterocycles. The Morgan fingerprint density at radius 3 is 3.00 bits per heavy atom. The molecule has 0 amide bonds. The number of aromatic nitrogens is 2. The van der Waals surface area contributed by atoms with E-state index in [2.05, 4.69) is 15.5 Å². The zero-order valence-electron chi connectivity index (χ0n) is 10.2. The molecule has 8 nitrogen and oxygen atoms in total. The summed E-state index contributed by atoms with van der Waals surface area (Å²) in [5.41, 5.74) is 0.384. The highest BCUT2D eigenvalue weighted by molar-refractivity contribution is 5.64. The number of nitro groups is 1. The van der Waals surface area contributed by atoms with Crippen LogP contribution < -0.4 is 10.1 Å². The standard InChI is InChI=1S/C11H12N4O4/c1-18-8-2-3-10(15(16)17)9(6-8)12-5-4-11-13-7-14-19-11/h2-3,6-7,12H,4-5H2,1H3. The van der Waals surface area contributed by atoms with Crippen molar-refractivity contribution in [3.63, 3.8) is 0 Å². The molecular formula is C11H12N4O4. The average molecular weight is 264 g/mol. The highest BCUT2D eigenvalue weighted by atomic mass is 16.6. The monoisotopic (exact) mass is 264 g/mol. The molecule has 0 atom stereocenters. The van der Waals surface area contributed by atoms with Gasteiger partial charge in [-0.05, 0) is 6.07 Å². The van der Waals surface area contributed by atoms with E-state index in [4.69, 9.17) is 9.26 Å². The minimum absolute atomic E-state index is 0.00803. The van der Waals surface area contributed by atoms with E-state index in [-0.39, 0.29) is 5.69 Å². The fourth-order valence-corrected chi connectivity index (χ4v) is 1.55. The Morgan fingerprint density at radius 2 is 2.37 bits per heavy atom. The van der Waals surface area contributed by atoms with Crippen LogP contribution in [0.15, 0.2) is 29.0 Å². The summed E-state index contributed by atoms with van der Waals surface area (Å²) in [6.07, 6.45) is 1.79. The largest absolute Gasteiger partial charge is 0.497 e. The van der Waals surface area contributed by atoms with Gasteiger partial charge in [0.15, 0.2) is 6.33 Å². The topological polar surface area (TPSA) is 103 Å². The highest BCUT2D eigenvalue weighted by Crippen LogP contribution is 2.28. The third-order valence-corrected chi connectivity index (χ3v) is 2.46. The van der Waals surface area contributed by atoms with Crippen molar-refractivity contribution < 1.29 is 14.2 Å². The summed E-state index contributed by atoms with van der Waals surface area (Å²) in [6.45, 7) is 0.441. The van der Waals surface area contributed by atoms with Gasteiger partial charge in [-0.3, -0.25) is 10.1 Å². The van der Waals surface area contributed by atoms with Gasteiger partial charge in [0.05, 0.1) is 12.0 Å². The van der Waals surface area contributed by atoms with Gasteiger partial charge in [0.2, 0.25) is 5.89 Å². The number of anilines is 1. The lowest BCUT2D eigenvalue weighted by atomic mass is 10.2. The highest BCUT2D eigenvalue weighted by Gasteiger charge is 2.14. The van der Waals surface area contributed by atoms with Crippen LogP contribution in [0.5, 0.6) is 5.75 Å². The van der Waals surface area contributed by atoms with Crippen LogP contribution in [-0.4, -0.2) is 28.7 Å². The average Bonchev–Trinajstić information content (AvgIpc) is 2.91. The van der Waals surface area contributed by atoms with Crippen molar-refractivity contribution >= 4 is 11.4 Å². The van der Waals surface area contributed by atoms with E-state index < -0.39 is 4.92 Å². The number of nitro benzene ring substituents is 1. The zero-order valence-corrected chi connectivity index (χ0v) is 10.2. The van der Waals surface area contributed by atoms with Gasteiger partial charge in [-0.25, -0.2) is 0 Å². The maximum Gasteiger partial charge on any atom is 0.292 e. The summed E-state index contributed by atoms with van der Waals surface area (Å²) in [5.74, 6) is 1.02. The van der Waals surface area contributed by atoms with Crippen molar-refractivity contribution in [1.29, 1.82) is 0 Å². The maximum atomic E-state index is 10.9. The summed E-state index contributed by atoms with van der Waals surface area (Å²) < 4.78 is 9.87. The summed E-state index contributed by atoms with van der Waals surface area (Å²) >= 11 is 0. The van der Waals surface area contributed by atoms with E-state index >= 15 is 0 Å². The first-order valence-corrected chi connectivity index (χ1v) is 5.52. The summed E-state index contributed by atoms with van der Waals surface area (Å²) in [4.78, 5) is 14.3. The SMILES string of the molecule is COc1ccc([N+](=O)[O-])c(NCCc2ncno2)c1. The lowest BCUT2D eigenvalue weighted by molar-refractivity contribution is -0.384. The molecule has 0 saturated heterocycles. The van der Waals surface area contributed by atoms with Gasteiger partial charge in [0.1, 0.15) is 11.4 Å². The van der Waals surface area contributed by atoms with E-state index in [0.717, 1.165) is 0 Å². The molecule has 1 aromatic carbocycles. The molecule has 0 bridgehead atoms. The van der Waals surface area contributed by atoms with Crippen LogP contribution in [0.25, 0.3) is 0 Å². The second kappa shape index (κ2) is 5.80. The molecule has 0 saturated carbocycles. The first-order chi connectivity index (χ1) is 9.20. The van der Waals surface area contributed by atoms with Crippen molar-refractivity contribution in [3.8, 4) is 5.75 Å². The van der Waals surface area contributed by atoms with Gasteiger partial charge in [-0.1, -0.05) is 5.16 Å². The molecule has 1 N–H and O–H groups in total. The fraction of sp³-hybridized carbons (Fsp3) is 0.273. The van der Waals surface area contributed by atoms with Crippen LogP contribution in [0.4, 0.5) is 11.4 Å². The lowest BCUT2D eigenvalue weighted by Crippen LogP contribution is -2.07. The van der Waals surface area contributed by atoms with Crippen LogP contribution in [0, 0.1) is 10.1 Å². The number of rotatable bonds is 6. The Balaban J connectivity index is 2.06. The van der Waals surface area contributed by atoms with Crippen molar-refractivity contribution in [2.45, 2.75) is 6.42 Å². The van der Waals surface area contributed by atoms with Crippen LogP contribution in [0.3, 0.4) is 0 Å². The normalized spacial score (nSPS) is 10.2. The third-order valence-electron chi connectivity index (χ3n) is 2.46. The smallest absolute Gasteiger partial charge is 0.292 e. The second-order valence-corrected chi connectivity index (χ2v) is 3.65.